The van der Waals surface area contributed by atoms with Crippen LogP contribution in [-0.4, -0.2) is 34.0 Å². The molecule has 4 heteroatoms. The number of hydrogen-bond donors (Lipinski definition) is 3. The van der Waals surface area contributed by atoms with E-state index in [4.69, 9.17) is 15.3 Å². The molecule has 0 aromatic heterocycles. The highest BCUT2D eigenvalue weighted by molar-refractivity contribution is 4.69. The Morgan fingerprint density at radius 3 is 2.44 bits per heavy atom. The van der Waals surface area contributed by atoms with E-state index in [-0.39, 0.29) is 0 Å². The predicted octanol–water partition coefficient (Wildman–Crippen LogP) is -1.20. The van der Waals surface area contributed by atoms with Gasteiger partial charge in [-0.2, -0.15) is 0 Å². The second-order valence-electron chi connectivity index (χ2n) is 2.17. The second kappa shape index (κ2) is 2.22. The van der Waals surface area contributed by atoms with E-state index in [1.54, 1.807) is 0 Å². The maximum Gasteiger partial charge on any atom is 0.305 e. The summed E-state index contributed by atoms with van der Waals surface area (Å²) in [7, 11) is 0. The zero-order valence-electron chi connectivity index (χ0n) is 4.95. The van der Waals surface area contributed by atoms with Crippen molar-refractivity contribution in [2.24, 2.45) is 0 Å². The predicted molar refractivity (Wildman–Crippen MR) is 28.4 cm³/mol. The van der Waals surface area contributed by atoms with Crippen LogP contribution in [0.5, 0.6) is 0 Å². The topological polar surface area (TPSA) is 69.9 Å². The van der Waals surface area contributed by atoms with Gasteiger partial charge in [0.15, 0.2) is 0 Å². The lowest BCUT2D eigenvalue weighted by Gasteiger charge is -2.30. The van der Waals surface area contributed by atoms with Crippen molar-refractivity contribution in [1.29, 1.82) is 0 Å². The summed E-state index contributed by atoms with van der Waals surface area (Å²) in [5, 5.41) is 26.3. The first-order valence-corrected chi connectivity index (χ1v) is 2.90. The normalized spacial score (nSPS) is 34.3. The van der Waals surface area contributed by atoms with E-state index in [2.05, 4.69) is 4.74 Å². The summed E-state index contributed by atoms with van der Waals surface area (Å²) in [6, 6.07) is 0. The van der Waals surface area contributed by atoms with Gasteiger partial charge in [-0.1, -0.05) is 0 Å². The van der Waals surface area contributed by atoms with Crippen molar-refractivity contribution in [2.75, 3.05) is 6.61 Å². The highest BCUT2D eigenvalue weighted by atomic mass is 16.8. The first-order valence-electron chi connectivity index (χ1n) is 2.90. The van der Waals surface area contributed by atoms with Crippen LogP contribution in [0.3, 0.4) is 0 Å². The fourth-order valence-electron chi connectivity index (χ4n) is 0.783. The van der Waals surface area contributed by atoms with Crippen LogP contribution in [-0.2, 0) is 4.74 Å². The minimum atomic E-state index is -2.31. The average Bonchev–Trinajstić information content (AvgIpc) is 1.77. The molecule has 54 valence electrons. The van der Waals surface area contributed by atoms with Gasteiger partial charge in [-0.05, 0) is 12.8 Å². The SMILES string of the molecule is OC1CCCOC1(O)O. The number of aliphatic hydroxyl groups excluding tert-OH is 1. The zero-order chi connectivity index (χ0) is 6.91. The van der Waals surface area contributed by atoms with Crippen molar-refractivity contribution in [3.63, 3.8) is 0 Å². The molecule has 1 heterocycles. The maximum absolute atomic E-state index is 8.81. The lowest BCUT2D eigenvalue weighted by atomic mass is 10.1. The summed E-state index contributed by atoms with van der Waals surface area (Å²) >= 11 is 0. The van der Waals surface area contributed by atoms with Crippen molar-refractivity contribution >= 4 is 0 Å². The molecule has 9 heavy (non-hydrogen) atoms. The van der Waals surface area contributed by atoms with Crippen LogP contribution in [0.25, 0.3) is 0 Å². The first-order chi connectivity index (χ1) is 4.13. The first kappa shape index (κ1) is 6.95. The number of ether oxygens (including phenoxy) is 1. The van der Waals surface area contributed by atoms with Gasteiger partial charge in [-0.25, -0.2) is 0 Å². The van der Waals surface area contributed by atoms with Crippen molar-refractivity contribution in [3.8, 4) is 0 Å². The molecule has 0 spiro atoms. The number of aliphatic hydroxyl groups is 3. The van der Waals surface area contributed by atoms with Gasteiger partial charge in [0.05, 0.1) is 6.61 Å². The van der Waals surface area contributed by atoms with E-state index >= 15 is 0 Å². The third kappa shape index (κ3) is 1.40. The van der Waals surface area contributed by atoms with E-state index < -0.39 is 12.1 Å². The van der Waals surface area contributed by atoms with Gasteiger partial charge in [-0.15, -0.1) is 0 Å². The molecule has 3 N–H and O–H groups in total. The van der Waals surface area contributed by atoms with Crippen LogP contribution in [0.4, 0.5) is 0 Å². The number of hydrogen-bond acceptors (Lipinski definition) is 4. The molecule has 1 rings (SSSR count). The van der Waals surface area contributed by atoms with Crippen molar-refractivity contribution in [2.45, 2.75) is 24.9 Å². The zero-order valence-corrected chi connectivity index (χ0v) is 4.95. The maximum atomic E-state index is 8.81. The van der Waals surface area contributed by atoms with E-state index in [0.29, 0.717) is 19.4 Å². The molecule has 1 aliphatic heterocycles. The summed E-state index contributed by atoms with van der Waals surface area (Å²) in [5.74, 6) is -2.31. The van der Waals surface area contributed by atoms with Gasteiger partial charge in [0.25, 0.3) is 0 Å². The van der Waals surface area contributed by atoms with Gasteiger partial charge in [0.2, 0.25) is 0 Å². The molecule has 1 unspecified atom stereocenters. The molecule has 1 atom stereocenters. The van der Waals surface area contributed by atoms with Crippen LogP contribution < -0.4 is 0 Å². The Labute approximate surface area is 52.7 Å². The number of rotatable bonds is 0. The van der Waals surface area contributed by atoms with Crippen LogP contribution in [0.15, 0.2) is 0 Å². The molecular formula is C5H10O4. The largest absolute Gasteiger partial charge is 0.385 e. The minimum absolute atomic E-state index is 0.296. The summed E-state index contributed by atoms with van der Waals surface area (Å²) in [6.45, 7) is 0.296. The van der Waals surface area contributed by atoms with Crippen molar-refractivity contribution in [3.05, 3.63) is 0 Å². The Bertz CT molecular complexity index is 101. The molecule has 0 radical (unpaired) electrons. The molecule has 0 amide bonds. The second-order valence-corrected chi connectivity index (χ2v) is 2.17. The molecule has 1 fully saturated rings. The molecule has 4 nitrogen and oxygen atoms in total. The summed E-state index contributed by atoms with van der Waals surface area (Å²) in [4.78, 5) is 0. The van der Waals surface area contributed by atoms with Gasteiger partial charge >= 0.3 is 5.97 Å². The summed E-state index contributed by atoms with van der Waals surface area (Å²) in [6.07, 6.45) is -0.108. The van der Waals surface area contributed by atoms with E-state index in [9.17, 15) is 0 Å². The summed E-state index contributed by atoms with van der Waals surface area (Å²) in [5.41, 5.74) is 0. The monoisotopic (exact) mass is 134 g/mol. The van der Waals surface area contributed by atoms with E-state index in [1.165, 1.54) is 0 Å². The molecule has 0 aromatic carbocycles. The third-order valence-corrected chi connectivity index (χ3v) is 1.37. The van der Waals surface area contributed by atoms with Crippen LogP contribution in [0.2, 0.25) is 0 Å². The fraction of sp³-hybridized carbons (Fsp3) is 1.00. The molecule has 0 saturated carbocycles. The third-order valence-electron chi connectivity index (χ3n) is 1.37. The fourth-order valence-corrected chi connectivity index (χ4v) is 0.783. The standard InChI is InChI=1S/C5H10O4/c6-4-2-1-3-9-5(4,7)8/h4,6-8H,1-3H2. The molecule has 0 aromatic rings. The molecule has 1 aliphatic rings. The Morgan fingerprint density at radius 2 is 2.11 bits per heavy atom. The Morgan fingerprint density at radius 1 is 1.44 bits per heavy atom. The average molecular weight is 134 g/mol. The van der Waals surface area contributed by atoms with Crippen LogP contribution >= 0.6 is 0 Å². The van der Waals surface area contributed by atoms with E-state index in [0.717, 1.165) is 0 Å². The van der Waals surface area contributed by atoms with Crippen LogP contribution in [0, 0.1) is 0 Å². The quantitative estimate of drug-likeness (QED) is 0.364. The Balaban J connectivity index is 2.49. The van der Waals surface area contributed by atoms with Gasteiger partial charge < -0.3 is 20.1 Å². The highest BCUT2D eigenvalue weighted by Gasteiger charge is 2.36. The molecule has 0 bridgehead atoms. The van der Waals surface area contributed by atoms with Gasteiger partial charge in [0.1, 0.15) is 6.10 Å². The van der Waals surface area contributed by atoms with Gasteiger partial charge in [0, 0.05) is 0 Å². The lowest BCUT2D eigenvalue weighted by molar-refractivity contribution is -0.389. The Kier molecular flexibility index (Phi) is 1.72. The van der Waals surface area contributed by atoms with E-state index in [1.807, 2.05) is 0 Å². The van der Waals surface area contributed by atoms with Crippen molar-refractivity contribution < 1.29 is 20.1 Å². The highest BCUT2D eigenvalue weighted by Crippen LogP contribution is 2.19. The minimum Gasteiger partial charge on any atom is -0.385 e. The van der Waals surface area contributed by atoms with Crippen LogP contribution in [0.1, 0.15) is 12.8 Å². The van der Waals surface area contributed by atoms with Crippen molar-refractivity contribution in [1.82, 2.24) is 0 Å². The molecule has 1 saturated heterocycles. The molecule has 0 aliphatic carbocycles. The smallest absolute Gasteiger partial charge is 0.305 e. The lowest BCUT2D eigenvalue weighted by Crippen LogP contribution is -2.47. The van der Waals surface area contributed by atoms with Gasteiger partial charge in [-0.3, -0.25) is 0 Å². The Hall–Kier alpha value is -0.160. The summed E-state index contributed by atoms with van der Waals surface area (Å²) < 4.78 is 4.44. The molecular weight excluding hydrogens is 124 g/mol.